The monoisotopic (exact) mass is 296 g/mol. The molecule has 0 spiro atoms. The third-order valence-electron chi connectivity index (χ3n) is 3.64. The number of nitrogen functional groups attached to an aromatic ring is 1. The van der Waals surface area contributed by atoms with Gasteiger partial charge in [0.1, 0.15) is 24.1 Å². The fourth-order valence-electron chi connectivity index (χ4n) is 2.61. The number of nitrogens with zero attached hydrogens (tertiary/aromatic N) is 2. The first-order chi connectivity index (χ1) is 10.1. The Kier molecular flexibility index (Phi) is 3.41. The molecule has 9 nitrogen and oxygen atoms in total. The highest BCUT2D eigenvalue weighted by Gasteiger charge is 2.45. The van der Waals surface area contributed by atoms with Crippen molar-refractivity contribution in [3.63, 3.8) is 0 Å². The van der Waals surface area contributed by atoms with Crippen molar-refractivity contribution in [2.24, 2.45) is 0 Å². The van der Waals surface area contributed by atoms with Gasteiger partial charge in [0.05, 0.1) is 18.5 Å². The number of anilines is 1. The lowest BCUT2D eigenvalue weighted by Gasteiger charge is -2.20. The van der Waals surface area contributed by atoms with Crippen molar-refractivity contribution in [3.05, 3.63) is 22.7 Å². The molecule has 1 fully saturated rings. The number of pyridine rings is 1. The molecule has 0 saturated carbocycles. The summed E-state index contributed by atoms with van der Waals surface area (Å²) in [5.74, 6) is 0.195. The van der Waals surface area contributed by atoms with E-state index in [1.54, 1.807) is 10.6 Å². The summed E-state index contributed by atoms with van der Waals surface area (Å²) < 4.78 is 12.4. The molecule has 3 heterocycles. The van der Waals surface area contributed by atoms with E-state index < -0.39 is 30.1 Å². The SMILES string of the molecule is CO[C@@H]1[C@H](O)[C@@H](CO)O[C@H]1n1cnc2c(=O)[nH]c(N)cc21. The van der Waals surface area contributed by atoms with Crippen LogP contribution in [0, 0.1) is 0 Å². The Balaban J connectivity index is 2.10. The molecule has 0 bridgehead atoms. The second-order valence-corrected chi connectivity index (χ2v) is 4.88. The maximum atomic E-state index is 11.8. The lowest BCUT2D eigenvalue weighted by Crippen LogP contribution is -2.34. The molecule has 2 aromatic rings. The van der Waals surface area contributed by atoms with Gasteiger partial charge in [-0.15, -0.1) is 0 Å². The van der Waals surface area contributed by atoms with Crippen LogP contribution in [0.3, 0.4) is 0 Å². The summed E-state index contributed by atoms with van der Waals surface area (Å²) in [7, 11) is 1.43. The summed E-state index contributed by atoms with van der Waals surface area (Å²) in [5.41, 5.74) is 5.91. The Morgan fingerprint density at radius 3 is 3.05 bits per heavy atom. The highest BCUT2D eigenvalue weighted by atomic mass is 16.6. The average molecular weight is 296 g/mol. The zero-order valence-corrected chi connectivity index (χ0v) is 11.3. The minimum atomic E-state index is -0.984. The number of fused-ring (bicyclic) bond motifs is 1. The molecule has 2 aromatic heterocycles. The molecule has 4 atom stereocenters. The molecular formula is C12H16N4O5. The molecule has 0 aromatic carbocycles. The summed E-state index contributed by atoms with van der Waals surface area (Å²) in [4.78, 5) is 18.3. The summed E-state index contributed by atoms with van der Waals surface area (Å²) in [6.45, 7) is -0.340. The molecule has 5 N–H and O–H groups in total. The van der Waals surface area contributed by atoms with Crippen molar-refractivity contribution in [1.82, 2.24) is 14.5 Å². The van der Waals surface area contributed by atoms with E-state index in [4.69, 9.17) is 15.2 Å². The number of hydrogen-bond acceptors (Lipinski definition) is 7. The number of H-pyrrole nitrogens is 1. The quantitative estimate of drug-likeness (QED) is 0.545. The van der Waals surface area contributed by atoms with E-state index in [0.717, 1.165) is 0 Å². The molecule has 9 heteroatoms. The smallest absolute Gasteiger partial charge is 0.277 e. The number of aromatic nitrogens is 3. The van der Waals surface area contributed by atoms with Gasteiger partial charge in [-0.3, -0.25) is 4.79 Å². The average Bonchev–Trinajstić information content (AvgIpc) is 2.99. The van der Waals surface area contributed by atoms with Gasteiger partial charge in [0.25, 0.3) is 5.56 Å². The second-order valence-electron chi connectivity index (χ2n) is 4.88. The molecule has 1 saturated heterocycles. The number of nitrogens with two attached hydrogens (primary N) is 1. The van der Waals surface area contributed by atoms with Gasteiger partial charge in [0.2, 0.25) is 0 Å². The Morgan fingerprint density at radius 2 is 2.38 bits per heavy atom. The Bertz CT molecular complexity index is 711. The van der Waals surface area contributed by atoms with Gasteiger partial charge < -0.3 is 35.0 Å². The van der Waals surface area contributed by atoms with Crippen LogP contribution in [0.5, 0.6) is 0 Å². The third-order valence-corrected chi connectivity index (χ3v) is 3.64. The summed E-state index contributed by atoms with van der Waals surface area (Å²) in [6.07, 6.45) is -1.74. The third kappa shape index (κ3) is 2.10. The summed E-state index contributed by atoms with van der Waals surface area (Å²) in [6, 6.07) is 1.55. The van der Waals surface area contributed by atoms with Crippen molar-refractivity contribution in [2.75, 3.05) is 19.5 Å². The molecule has 1 aliphatic heterocycles. The van der Waals surface area contributed by atoms with Crippen LogP contribution in [0.4, 0.5) is 5.82 Å². The van der Waals surface area contributed by atoms with Crippen LogP contribution in [-0.4, -0.2) is 56.8 Å². The zero-order chi connectivity index (χ0) is 15.1. The molecule has 21 heavy (non-hydrogen) atoms. The summed E-state index contributed by atoms with van der Waals surface area (Å²) >= 11 is 0. The predicted molar refractivity (Wildman–Crippen MR) is 72.6 cm³/mol. The number of ether oxygens (including phenoxy) is 2. The van der Waals surface area contributed by atoms with Crippen LogP contribution in [0.15, 0.2) is 17.2 Å². The lowest BCUT2D eigenvalue weighted by atomic mass is 10.1. The number of aromatic amines is 1. The van der Waals surface area contributed by atoms with Crippen molar-refractivity contribution >= 4 is 16.9 Å². The fourth-order valence-corrected chi connectivity index (χ4v) is 2.61. The second kappa shape index (κ2) is 5.11. The van der Waals surface area contributed by atoms with Gasteiger partial charge in [-0.1, -0.05) is 0 Å². The van der Waals surface area contributed by atoms with Crippen LogP contribution in [0.1, 0.15) is 6.23 Å². The van der Waals surface area contributed by atoms with Gasteiger partial charge in [-0.2, -0.15) is 0 Å². The highest BCUT2D eigenvalue weighted by molar-refractivity contribution is 5.76. The van der Waals surface area contributed by atoms with Crippen molar-refractivity contribution in [1.29, 1.82) is 0 Å². The standard InChI is InChI=1S/C12H16N4O5/c1-20-10-9(18)6(3-17)21-12(10)16-4-14-8-5(16)2-7(13)15-11(8)19/h2,4,6,9-10,12,17-18H,3H2,1H3,(H3,13,15,19)/t6-,9-,10-,12-/m1/s1. The number of rotatable bonds is 3. The molecule has 0 amide bonds. The fraction of sp³-hybridized carbons (Fsp3) is 0.500. The maximum absolute atomic E-state index is 11.8. The minimum absolute atomic E-state index is 0.195. The number of aliphatic hydroxyl groups is 2. The van der Waals surface area contributed by atoms with Crippen molar-refractivity contribution in [2.45, 2.75) is 24.5 Å². The first kappa shape index (κ1) is 14.0. The Morgan fingerprint density at radius 1 is 1.62 bits per heavy atom. The molecule has 0 unspecified atom stereocenters. The van der Waals surface area contributed by atoms with E-state index in [2.05, 4.69) is 9.97 Å². The van der Waals surface area contributed by atoms with E-state index in [-0.39, 0.29) is 17.9 Å². The highest BCUT2D eigenvalue weighted by Crippen LogP contribution is 2.33. The van der Waals surface area contributed by atoms with Crippen LogP contribution < -0.4 is 11.3 Å². The number of hydrogen-bond donors (Lipinski definition) is 4. The van der Waals surface area contributed by atoms with E-state index in [1.807, 2.05) is 0 Å². The van der Waals surface area contributed by atoms with Gasteiger partial charge in [-0.05, 0) is 0 Å². The minimum Gasteiger partial charge on any atom is -0.394 e. The lowest BCUT2D eigenvalue weighted by molar-refractivity contribution is -0.0580. The number of imidazole rings is 1. The summed E-state index contributed by atoms with van der Waals surface area (Å²) in [5, 5.41) is 19.3. The zero-order valence-electron chi connectivity index (χ0n) is 11.3. The van der Waals surface area contributed by atoms with E-state index >= 15 is 0 Å². The van der Waals surface area contributed by atoms with Gasteiger partial charge in [-0.25, -0.2) is 4.98 Å². The van der Waals surface area contributed by atoms with Crippen molar-refractivity contribution in [3.8, 4) is 0 Å². The largest absolute Gasteiger partial charge is 0.394 e. The molecule has 0 radical (unpaired) electrons. The van der Waals surface area contributed by atoms with Crippen LogP contribution in [-0.2, 0) is 9.47 Å². The van der Waals surface area contributed by atoms with Crippen LogP contribution in [0.2, 0.25) is 0 Å². The molecular weight excluding hydrogens is 280 g/mol. The Hall–Kier alpha value is -1.94. The molecule has 0 aliphatic carbocycles. The number of aliphatic hydroxyl groups excluding tert-OH is 2. The first-order valence-corrected chi connectivity index (χ1v) is 6.39. The van der Waals surface area contributed by atoms with E-state index in [9.17, 15) is 15.0 Å². The van der Waals surface area contributed by atoms with E-state index in [1.165, 1.54) is 13.4 Å². The number of methoxy groups -OCH3 is 1. The van der Waals surface area contributed by atoms with Crippen LogP contribution in [0.25, 0.3) is 11.0 Å². The van der Waals surface area contributed by atoms with Crippen molar-refractivity contribution < 1.29 is 19.7 Å². The molecule has 1 aliphatic rings. The first-order valence-electron chi connectivity index (χ1n) is 6.39. The predicted octanol–water partition coefficient (Wildman–Crippen LogP) is -1.43. The number of nitrogens with one attached hydrogen (secondary N) is 1. The van der Waals surface area contributed by atoms with Crippen LogP contribution >= 0.6 is 0 Å². The van der Waals surface area contributed by atoms with Gasteiger partial charge >= 0.3 is 0 Å². The Labute approximate surface area is 118 Å². The van der Waals surface area contributed by atoms with Gasteiger partial charge in [0, 0.05) is 13.2 Å². The van der Waals surface area contributed by atoms with E-state index in [0.29, 0.717) is 5.52 Å². The van der Waals surface area contributed by atoms with Gasteiger partial charge in [0.15, 0.2) is 11.7 Å². The molecule has 3 rings (SSSR count). The topological polar surface area (TPSA) is 136 Å². The normalized spacial score (nSPS) is 29.3. The molecule has 114 valence electrons. The maximum Gasteiger partial charge on any atom is 0.277 e.